The molecule has 16 heavy (non-hydrogen) atoms. The molecule has 0 fully saturated rings. The van der Waals surface area contributed by atoms with Gasteiger partial charge in [0.2, 0.25) is 0 Å². The average molecular weight is 222 g/mol. The van der Waals surface area contributed by atoms with Gasteiger partial charge >= 0.3 is 5.97 Å². The number of aliphatic carboxylic acids is 1. The fourth-order valence-corrected chi connectivity index (χ4v) is 2.00. The molecule has 0 saturated carbocycles. The largest absolute Gasteiger partial charge is 0.508 e. The lowest BCUT2D eigenvalue weighted by molar-refractivity contribution is -0.138. The minimum absolute atomic E-state index is 0.0937. The summed E-state index contributed by atoms with van der Waals surface area (Å²) in [6, 6.07) is 5.00. The van der Waals surface area contributed by atoms with E-state index in [1.54, 1.807) is 12.1 Å². The lowest BCUT2D eigenvalue weighted by Crippen LogP contribution is -2.30. The zero-order chi connectivity index (χ0) is 11.8. The second-order valence-electron chi connectivity index (χ2n) is 4.41. The molecule has 2 rings (SSSR count). The average Bonchev–Trinajstić information content (AvgIpc) is 2.51. The molecular weight excluding hydrogens is 208 g/mol. The molecule has 0 radical (unpaired) electrons. The van der Waals surface area contributed by atoms with Gasteiger partial charge in [0.1, 0.15) is 17.1 Å². The molecule has 1 aromatic rings. The van der Waals surface area contributed by atoms with Crippen molar-refractivity contribution in [2.24, 2.45) is 0 Å². The second-order valence-corrected chi connectivity index (χ2v) is 4.41. The van der Waals surface area contributed by atoms with Gasteiger partial charge in [-0.05, 0) is 25.0 Å². The van der Waals surface area contributed by atoms with E-state index in [9.17, 15) is 9.90 Å². The van der Waals surface area contributed by atoms with Crippen molar-refractivity contribution in [1.29, 1.82) is 0 Å². The summed E-state index contributed by atoms with van der Waals surface area (Å²) in [5.41, 5.74) is 0.555. The summed E-state index contributed by atoms with van der Waals surface area (Å²) in [5, 5.41) is 18.0. The van der Waals surface area contributed by atoms with E-state index in [2.05, 4.69) is 0 Å². The van der Waals surface area contributed by atoms with Gasteiger partial charge in [-0.2, -0.15) is 0 Å². The maximum Gasteiger partial charge on any atom is 0.303 e. The first kappa shape index (κ1) is 10.8. The van der Waals surface area contributed by atoms with Gasteiger partial charge in [-0.3, -0.25) is 4.79 Å². The number of hydrogen-bond donors (Lipinski definition) is 2. The molecule has 86 valence electrons. The Morgan fingerprint density at radius 2 is 2.31 bits per heavy atom. The van der Waals surface area contributed by atoms with Crippen LogP contribution in [0, 0.1) is 0 Å². The highest BCUT2D eigenvalue weighted by Gasteiger charge is 2.35. The number of carboxylic acids is 1. The number of aromatic hydroxyl groups is 1. The molecule has 1 heterocycles. The first-order valence-electron chi connectivity index (χ1n) is 5.21. The fourth-order valence-electron chi connectivity index (χ4n) is 2.00. The molecule has 0 bridgehead atoms. The molecule has 2 N–H and O–H groups in total. The summed E-state index contributed by atoms with van der Waals surface area (Å²) in [5.74, 6) is 0.0118. The Balaban J connectivity index is 2.11. The number of rotatable bonds is 3. The Bertz CT molecular complexity index is 427. The Hall–Kier alpha value is -1.71. The molecule has 1 atom stereocenters. The summed E-state index contributed by atoms with van der Waals surface area (Å²) in [6.45, 7) is 1.90. The number of benzene rings is 1. The standard InChI is InChI=1S/C12H14O4/c1-12(5-4-11(14)15)7-8-2-3-9(13)6-10(8)16-12/h2-3,6,13H,4-5,7H2,1H3,(H,14,15). The molecule has 1 aliphatic rings. The Morgan fingerprint density at radius 3 is 3.00 bits per heavy atom. The molecule has 1 aliphatic heterocycles. The van der Waals surface area contributed by atoms with Gasteiger partial charge in [-0.15, -0.1) is 0 Å². The number of ether oxygens (including phenoxy) is 1. The van der Waals surface area contributed by atoms with E-state index < -0.39 is 11.6 Å². The number of phenols is 1. The SMILES string of the molecule is CC1(CCC(=O)O)Cc2ccc(O)cc2O1. The van der Waals surface area contributed by atoms with Crippen molar-refractivity contribution in [2.75, 3.05) is 0 Å². The van der Waals surface area contributed by atoms with Crippen molar-refractivity contribution in [1.82, 2.24) is 0 Å². The topological polar surface area (TPSA) is 66.8 Å². The molecule has 1 aromatic carbocycles. The molecule has 0 saturated heterocycles. The van der Waals surface area contributed by atoms with E-state index in [-0.39, 0.29) is 12.2 Å². The number of hydrogen-bond acceptors (Lipinski definition) is 3. The van der Waals surface area contributed by atoms with E-state index in [1.807, 2.05) is 13.0 Å². The van der Waals surface area contributed by atoms with Crippen molar-refractivity contribution < 1.29 is 19.7 Å². The summed E-state index contributed by atoms with van der Waals surface area (Å²) in [6.07, 6.45) is 1.25. The van der Waals surface area contributed by atoms with Crippen LogP contribution in [0.3, 0.4) is 0 Å². The highest BCUT2D eigenvalue weighted by atomic mass is 16.5. The van der Waals surface area contributed by atoms with Crippen molar-refractivity contribution in [2.45, 2.75) is 31.8 Å². The quantitative estimate of drug-likeness (QED) is 0.820. The van der Waals surface area contributed by atoms with Gasteiger partial charge in [-0.1, -0.05) is 6.07 Å². The Kier molecular flexibility index (Phi) is 2.50. The number of phenolic OH excluding ortho intramolecular Hbond substituents is 1. The minimum atomic E-state index is -0.816. The van der Waals surface area contributed by atoms with Crippen LogP contribution in [-0.4, -0.2) is 21.8 Å². The van der Waals surface area contributed by atoms with Crippen molar-refractivity contribution in [3.8, 4) is 11.5 Å². The van der Waals surface area contributed by atoms with Gasteiger partial charge in [-0.25, -0.2) is 0 Å². The minimum Gasteiger partial charge on any atom is -0.508 e. The first-order chi connectivity index (χ1) is 7.48. The van der Waals surface area contributed by atoms with Crippen LogP contribution in [-0.2, 0) is 11.2 Å². The van der Waals surface area contributed by atoms with Crippen LogP contribution in [0.15, 0.2) is 18.2 Å². The van der Waals surface area contributed by atoms with Gasteiger partial charge in [0.25, 0.3) is 0 Å². The monoisotopic (exact) mass is 222 g/mol. The van der Waals surface area contributed by atoms with Crippen molar-refractivity contribution >= 4 is 5.97 Å². The third-order valence-electron chi connectivity index (χ3n) is 2.84. The van der Waals surface area contributed by atoms with Crippen LogP contribution < -0.4 is 4.74 Å². The summed E-state index contributed by atoms with van der Waals surface area (Å²) in [4.78, 5) is 10.5. The highest BCUT2D eigenvalue weighted by molar-refractivity contribution is 5.66. The Labute approximate surface area is 93.5 Å². The van der Waals surface area contributed by atoms with E-state index in [4.69, 9.17) is 9.84 Å². The van der Waals surface area contributed by atoms with Gasteiger partial charge in [0.15, 0.2) is 0 Å². The van der Waals surface area contributed by atoms with E-state index >= 15 is 0 Å². The number of fused-ring (bicyclic) bond motifs is 1. The highest BCUT2D eigenvalue weighted by Crippen LogP contribution is 2.39. The molecule has 0 spiro atoms. The van der Waals surface area contributed by atoms with Crippen LogP contribution in [0.4, 0.5) is 0 Å². The number of carboxylic acid groups (broad SMARTS) is 1. The molecule has 1 unspecified atom stereocenters. The maximum absolute atomic E-state index is 10.5. The summed E-state index contributed by atoms with van der Waals surface area (Å²) in [7, 11) is 0. The molecule has 0 aromatic heterocycles. The third kappa shape index (κ3) is 2.10. The van der Waals surface area contributed by atoms with Crippen LogP contribution in [0.1, 0.15) is 25.3 Å². The lowest BCUT2D eigenvalue weighted by Gasteiger charge is -2.22. The third-order valence-corrected chi connectivity index (χ3v) is 2.84. The van der Waals surface area contributed by atoms with Crippen LogP contribution in [0.2, 0.25) is 0 Å². The van der Waals surface area contributed by atoms with E-state index in [1.165, 1.54) is 0 Å². The van der Waals surface area contributed by atoms with Gasteiger partial charge < -0.3 is 14.9 Å². The van der Waals surface area contributed by atoms with Crippen LogP contribution in [0.5, 0.6) is 11.5 Å². The lowest BCUT2D eigenvalue weighted by atomic mass is 9.94. The van der Waals surface area contributed by atoms with Crippen LogP contribution in [0.25, 0.3) is 0 Å². The number of carbonyl (C=O) groups is 1. The van der Waals surface area contributed by atoms with Crippen molar-refractivity contribution in [3.05, 3.63) is 23.8 Å². The zero-order valence-electron chi connectivity index (χ0n) is 9.06. The fraction of sp³-hybridized carbons (Fsp3) is 0.417. The Morgan fingerprint density at radius 1 is 1.56 bits per heavy atom. The maximum atomic E-state index is 10.5. The molecular formula is C12H14O4. The first-order valence-corrected chi connectivity index (χ1v) is 5.21. The zero-order valence-corrected chi connectivity index (χ0v) is 9.06. The smallest absolute Gasteiger partial charge is 0.303 e. The second kappa shape index (κ2) is 3.70. The molecule has 4 heteroatoms. The molecule has 0 amide bonds. The predicted octanol–water partition coefficient (Wildman–Crippen LogP) is 1.95. The normalized spacial score (nSPS) is 22.6. The van der Waals surface area contributed by atoms with Gasteiger partial charge in [0.05, 0.1) is 0 Å². The van der Waals surface area contributed by atoms with Crippen molar-refractivity contribution in [3.63, 3.8) is 0 Å². The molecule has 4 nitrogen and oxygen atoms in total. The summed E-state index contributed by atoms with van der Waals surface area (Å²) >= 11 is 0. The molecule has 0 aliphatic carbocycles. The van der Waals surface area contributed by atoms with Gasteiger partial charge in [0, 0.05) is 18.9 Å². The van der Waals surface area contributed by atoms with E-state index in [0.29, 0.717) is 18.6 Å². The summed E-state index contributed by atoms with van der Waals surface area (Å²) < 4.78 is 5.70. The van der Waals surface area contributed by atoms with E-state index in [0.717, 1.165) is 5.56 Å². The predicted molar refractivity (Wildman–Crippen MR) is 57.7 cm³/mol. The van der Waals surface area contributed by atoms with Crippen LogP contribution >= 0.6 is 0 Å².